The Morgan fingerprint density at radius 1 is 1.56 bits per heavy atom. The lowest BCUT2D eigenvalue weighted by Gasteiger charge is -2.36. The molecule has 2 unspecified atom stereocenters. The summed E-state index contributed by atoms with van der Waals surface area (Å²) in [6, 6.07) is 2.42. The molecule has 0 aromatic rings. The molecule has 1 rings (SSSR count). The molecule has 0 bridgehead atoms. The van der Waals surface area contributed by atoms with Crippen LogP contribution in [0.1, 0.15) is 40.0 Å². The number of nitriles is 1. The SMILES string of the molecule is CCCNC(C)(C#N)CN1CCCC(C)C1. The number of nitrogens with zero attached hydrogens (tertiary/aromatic N) is 2. The van der Waals surface area contributed by atoms with Crippen LogP contribution in [0.5, 0.6) is 0 Å². The highest BCUT2D eigenvalue weighted by atomic mass is 15.2. The van der Waals surface area contributed by atoms with Crippen molar-refractivity contribution in [3.05, 3.63) is 0 Å². The Balaban J connectivity index is 2.45. The predicted molar refractivity (Wildman–Crippen MR) is 67.1 cm³/mol. The van der Waals surface area contributed by atoms with E-state index >= 15 is 0 Å². The van der Waals surface area contributed by atoms with Crippen LogP contribution in [0.4, 0.5) is 0 Å². The molecule has 3 nitrogen and oxygen atoms in total. The summed E-state index contributed by atoms with van der Waals surface area (Å²) in [4.78, 5) is 2.43. The first-order valence-electron chi connectivity index (χ1n) is 6.48. The largest absolute Gasteiger partial charge is 0.300 e. The van der Waals surface area contributed by atoms with Gasteiger partial charge < -0.3 is 4.90 Å². The van der Waals surface area contributed by atoms with E-state index in [0.717, 1.165) is 38.5 Å². The Labute approximate surface area is 99.8 Å². The standard InChI is InChI=1S/C13H25N3/c1-4-7-15-13(3,10-14)11-16-8-5-6-12(2)9-16/h12,15H,4-9,11H2,1-3H3. The van der Waals surface area contributed by atoms with E-state index in [9.17, 15) is 5.26 Å². The quantitative estimate of drug-likeness (QED) is 0.775. The number of rotatable bonds is 5. The van der Waals surface area contributed by atoms with Crippen LogP contribution in [0.25, 0.3) is 0 Å². The Hall–Kier alpha value is -0.590. The molecule has 0 radical (unpaired) electrons. The second kappa shape index (κ2) is 6.22. The molecule has 1 N–H and O–H groups in total. The van der Waals surface area contributed by atoms with Gasteiger partial charge in [-0.15, -0.1) is 0 Å². The Bertz CT molecular complexity index is 246. The van der Waals surface area contributed by atoms with Crippen LogP contribution >= 0.6 is 0 Å². The third-order valence-electron chi connectivity index (χ3n) is 3.29. The van der Waals surface area contributed by atoms with Gasteiger partial charge in [0.1, 0.15) is 5.54 Å². The van der Waals surface area contributed by atoms with Crippen molar-refractivity contribution in [3.63, 3.8) is 0 Å². The van der Waals surface area contributed by atoms with Crippen molar-refractivity contribution < 1.29 is 0 Å². The van der Waals surface area contributed by atoms with Crippen LogP contribution in [0, 0.1) is 17.2 Å². The van der Waals surface area contributed by atoms with E-state index in [1.54, 1.807) is 0 Å². The summed E-state index contributed by atoms with van der Waals surface area (Å²) in [5.74, 6) is 0.780. The maximum atomic E-state index is 9.27. The summed E-state index contributed by atoms with van der Waals surface area (Å²) >= 11 is 0. The smallest absolute Gasteiger partial charge is 0.116 e. The lowest BCUT2D eigenvalue weighted by Crippen LogP contribution is -2.52. The fourth-order valence-electron chi connectivity index (χ4n) is 2.41. The highest BCUT2D eigenvalue weighted by Gasteiger charge is 2.28. The van der Waals surface area contributed by atoms with E-state index in [4.69, 9.17) is 0 Å². The molecule has 0 aromatic heterocycles. The van der Waals surface area contributed by atoms with Gasteiger partial charge >= 0.3 is 0 Å². The summed E-state index contributed by atoms with van der Waals surface area (Å²) in [5, 5.41) is 12.6. The zero-order valence-electron chi connectivity index (χ0n) is 10.9. The van der Waals surface area contributed by atoms with Gasteiger partial charge in [0.05, 0.1) is 6.07 Å². The summed E-state index contributed by atoms with van der Waals surface area (Å²) in [6.07, 6.45) is 3.69. The van der Waals surface area contributed by atoms with Crippen LogP contribution in [0.3, 0.4) is 0 Å². The van der Waals surface area contributed by atoms with E-state index in [1.165, 1.54) is 12.8 Å². The minimum Gasteiger partial charge on any atom is -0.300 e. The summed E-state index contributed by atoms with van der Waals surface area (Å²) in [5.41, 5.74) is -0.382. The topological polar surface area (TPSA) is 39.1 Å². The molecule has 0 aromatic carbocycles. The summed E-state index contributed by atoms with van der Waals surface area (Å²) in [6.45, 7) is 10.5. The van der Waals surface area contributed by atoms with Gasteiger partial charge in [-0.1, -0.05) is 13.8 Å². The molecule has 1 fully saturated rings. The predicted octanol–water partition coefficient (Wildman–Crippen LogP) is 2.00. The third-order valence-corrected chi connectivity index (χ3v) is 3.29. The normalized spacial score (nSPS) is 26.0. The molecule has 0 aliphatic carbocycles. The van der Waals surface area contributed by atoms with Gasteiger partial charge in [-0.3, -0.25) is 5.32 Å². The van der Waals surface area contributed by atoms with Gasteiger partial charge in [0, 0.05) is 13.1 Å². The fraction of sp³-hybridized carbons (Fsp3) is 0.923. The molecule has 1 aliphatic heterocycles. The summed E-state index contributed by atoms with van der Waals surface area (Å²) < 4.78 is 0. The summed E-state index contributed by atoms with van der Waals surface area (Å²) in [7, 11) is 0. The molecule has 2 atom stereocenters. The first kappa shape index (κ1) is 13.5. The van der Waals surface area contributed by atoms with Gasteiger partial charge in [0.15, 0.2) is 0 Å². The maximum Gasteiger partial charge on any atom is 0.116 e. The Kier molecular flexibility index (Phi) is 5.24. The molecule has 0 saturated carbocycles. The van der Waals surface area contributed by atoms with E-state index in [-0.39, 0.29) is 5.54 Å². The van der Waals surface area contributed by atoms with E-state index in [1.807, 2.05) is 6.92 Å². The van der Waals surface area contributed by atoms with Crippen LogP contribution in [-0.4, -0.2) is 36.6 Å². The molecule has 92 valence electrons. The number of likely N-dealkylation sites (tertiary alicyclic amines) is 1. The van der Waals surface area contributed by atoms with E-state index in [0.29, 0.717) is 0 Å². The lowest BCUT2D eigenvalue weighted by molar-refractivity contribution is 0.154. The lowest BCUT2D eigenvalue weighted by atomic mass is 9.97. The van der Waals surface area contributed by atoms with Crippen molar-refractivity contribution in [3.8, 4) is 6.07 Å². The maximum absolute atomic E-state index is 9.27. The molecule has 0 spiro atoms. The van der Waals surface area contributed by atoms with Gasteiger partial charge in [-0.25, -0.2) is 0 Å². The van der Waals surface area contributed by atoms with Crippen molar-refractivity contribution in [2.75, 3.05) is 26.2 Å². The zero-order chi connectivity index (χ0) is 12.0. The molecule has 3 heteroatoms. The van der Waals surface area contributed by atoms with Crippen LogP contribution in [0.2, 0.25) is 0 Å². The van der Waals surface area contributed by atoms with Gasteiger partial charge in [0.25, 0.3) is 0 Å². The average Bonchev–Trinajstić information content (AvgIpc) is 2.26. The van der Waals surface area contributed by atoms with Crippen LogP contribution < -0.4 is 5.32 Å². The van der Waals surface area contributed by atoms with Crippen molar-refractivity contribution in [1.82, 2.24) is 10.2 Å². The molecule has 1 saturated heterocycles. The van der Waals surface area contributed by atoms with E-state index in [2.05, 4.69) is 30.1 Å². The average molecular weight is 223 g/mol. The zero-order valence-corrected chi connectivity index (χ0v) is 10.9. The molecule has 1 aliphatic rings. The van der Waals surface area contributed by atoms with Crippen LogP contribution in [0.15, 0.2) is 0 Å². The van der Waals surface area contributed by atoms with Gasteiger partial charge in [-0.2, -0.15) is 5.26 Å². The molecular weight excluding hydrogens is 198 g/mol. The van der Waals surface area contributed by atoms with Crippen molar-refractivity contribution in [2.45, 2.75) is 45.6 Å². The monoisotopic (exact) mass is 223 g/mol. The number of hydrogen-bond donors (Lipinski definition) is 1. The number of hydrogen-bond acceptors (Lipinski definition) is 3. The highest BCUT2D eigenvalue weighted by Crippen LogP contribution is 2.17. The second-order valence-electron chi connectivity index (χ2n) is 5.35. The first-order chi connectivity index (χ1) is 7.59. The number of nitrogens with one attached hydrogen (secondary N) is 1. The minimum absolute atomic E-state index is 0.382. The first-order valence-corrected chi connectivity index (χ1v) is 6.48. The van der Waals surface area contributed by atoms with Crippen LogP contribution in [-0.2, 0) is 0 Å². The molecular formula is C13H25N3. The van der Waals surface area contributed by atoms with Crippen molar-refractivity contribution in [1.29, 1.82) is 5.26 Å². The number of piperidine rings is 1. The second-order valence-corrected chi connectivity index (χ2v) is 5.35. The Morgan fingerprint density at radius 2 is 2.31 bits per heavy atom. The van der Waals surface area contributed by atoms with E-state index < -0.39 is 0 Å². The molecule has 16 heavy (non-hydrogen) atoms. The fourth-order valence-corrected chi connectivity index (χ4v) is 2.41. The minimum atomic E-state index is -0.382. The van der Waals surface area contributed by atoms with Crippen molar-refractivity contribution >= 4 is 0 Å². The highest BCUT2D eigenvalue weighted by molar-refractivity contribution is 5.06. The van der Waals surface area contributed by atoms with Gasteiger partial charge in [0.2, 0.25) is 0 Å². The van der Waals surface area contributed by atoms with Crippen molar-refractivity contribution in [2.24, 2.45) is 5.92 Å². The van der Waals surface area contributed by atoms with Gasteiger partial charge in [-0.05, 0) is 45.2 Å². The third kappa shape index (κ3) is 4.11. The Morgan fingerprint density at radius 3 is 2.88 bits per heavy atom. The molecule has 0 amide bonds. The molecule has 1 heterocycles.